The standard InChI is InChI=1S/C9H12NO8PS/c11-7-3-5(20(16,17)18)1-2-6(7)9(19(14)15)10-4-8(12)13/h1-3,9-11,14-15H,4H2,(H,12,13)(H,16,17,18). The van der Waals surface area contributed by atoms with Crippen molar-refractivity contribution in [2.45, 2.75) is 10.7 Å². The molecule has 0 amide bonds. The molecule has 0 bridgehead atoms. The molecule has 0 heterocycles. The van der Waals surface area contributed by atoms with Crippen molar-refractivity contribution in [2.75, 3.05) is 6.54 Å². The first-order chi connectivity index (χ1) is 9.12. The van der Waals surface area contributed by atoms with Gasteiger partial charge in [-0.15, -0.1) is 0 Å². The van der Waals surface area contributed by atoms with Crippen LogP contribution in [0.15, 0.2) is 23.1 Å². The van der Waals surface area contributed by atoms with Crippen LogP contribution < -0.4 is 5.32 Å². The number of aromatic hydroxyl groups is 1. The molecular weight excluding hydrogens is 313 g/mol. The third-order valence-corrected chi connectivity index (χ3v) is 4.04. The van der Waals surface area contributed by atoms with E-state index in [9.17, 15) is 28.1 Å². The Bertz CT molecular complexity index is 602. The Labute approximate surface area is 115 Å². The Morgan fingerprint density at radius 1 is 1.35 bits per heavy atom. The zero-order chi connectivity index (χ0) is 15.5. The van der Waals surface area contributed by atoms with Crippen LogP contribution in [0.2, 0.25) is 0 Å². The Morgan fingerprint density at radius 3 is 2.35 bits per heavy atom. The minimum Gasteiger partial charge on any atom is -0.508 e. The minimum absolute atomic E-state index is 0.102. The summed E-state index contributed by atoms with van der Waals surface area (Å²) < 4.78 is 30.5. The van der Waals surface area contributed by atoms with Gasteiger partial charge < -0.3 is 20.0 Å². The number of aliphatic carboxylic acids is 1. The van der Waals surface area contributed by atoms with E-state index in [0.717, 1.165) is 18.2 Å². The van der Waals surface area contributed by atoms with Crippen LogP contribution in [-0.2, 0) is 14.9 Å². The molecule has 0 aliphatic carbocycles. The van der Waals surface area contributed by atoms with Crippen LogP contribution in [0.4, 0.5) is 0 Å². The van der Waals surface area contributed by atoms with Crippen LogP contribution in [-0.4, -0.2) is 45.5 Å². The van der Waals surface area contributed by atoms with Gasteiger partial charge in [0.15, 0.2) is 8.38 Å². The van der Waals surface area contributed by atoms with Crippen molar-refractivity contribution in [3.05, 3.63) is 23.8 Å². The largest absolute Gasteiger partial charge is 0.508 e. The molecule has 0 saturated carbocycles. The molecule has 20 heavy (non-hydrogen) atoms. The van der Waals surface area contributed by atoms with Gasteiger partial charge >= 0.3 is 5.97 Å². The molecule has 9 nitrogen and oxygen atoms in total. The van der Waals surface area contributed by atoms with Gasteiger partial charge in [0, 0.05) is 11.6 Å². The Balaban J connectivity index is 3.12. The number of phenolic OH excluding ortho intramolecular Hbond substituents is 1. The molecule has 0 aromatic heterocycles. The number of hydrogen-bond acceptors (Lipinski definition) is 7. The quantitative estimate of drug-likeness (QED) is 0.302. The summed E-state index contributed by atoms with van der Waals surface area (Å²) >= 11 is 0. The van der Waals surface area contributed by atoms with Gasteiger partial charge in [-0.2, -0.15) is 8.42 Å². The maximum absolute atomic E-state index is 10.9. The summed E-state index contributed by atoms with van der Waals surface area (Å²) in [5, 5.41) is 20.5. The van der Waals surface area contributed by atoms with Gasteiger partial charge in [-0.25, -0.2) is 0 Å². The van der Waals surface area contributed by atoms with Crippen molar-refractivity contribution < 1.29 is 37.8 Å². The second-order valence-corrected chi connectivity index (χ2v) is 6.27. The number of phenols is 1. The molecule has 6 N–H and O–H groups in total. The second kappa shape index (κ2) is 6.44. The lowest BCUT2D eigenvalue weighted by molar-refractivity contribution is -0.136. The van der Waals surface area contributed by atoms with Crippen LogP contribution in [0.1, 0.15) is 11.3 Å². The molecule has 1 unspecified atom stereocenters. The van der Waals surface area contributed by atoms with Crippen molar-refractivity contribution in [3.63, 3.8) is 0 Å². The van der Waals surface area contributed by atoms with Crippen LogP contribution in [0.5, 0.6) is 5.75 Å². The van der Waals surface area contributed by atoms with Gasteiger partial charge in [-0.1, -0.05) is 6.07 Å². The lowest BCUT2D eigenvalue weighted by Crippen LogP contribution is -2.26. The fourth-order valence-corrected chi connectivity index (χ4v) is 2.64. The molecule has 1 atom stereocenters. The highest BCUT2D eigenvalue weighted by atomic mass is 32.2. The predicted octanol–water partition coefficient (Wildman–Crippen LogP) is -0.392. The number of carboxylic acids is 1. The van der Waals surface area contributed by atoms with E-state index >= 15 is 0 Å². The molecule has 0 fully saturated rings. The first-order valence-corrected chi connectivity index (χ1v) is 7.81. The van der Waals surface area contributed by atoms with E-state index in [4.69, 9.17) is 9.66 Å². The Kier molecular flexibility index (Phi) is 5.40. The van der Waals surface area contributed by atoms with Gasteiger partial charge in [-0.3, -0.25) is 14.7 Å². The van der Waals surface area contributed by atoms with Gasteiger partial charge in [0.1, 0.15) is 11.5 Å². The molecule has 0 saturated heterocycles. The average Bonchev–Trinajstić information content (AvgIpc) is 2.28. The van der Waals surface area contributed by atoms with Crippen molar-refractivity contribution in [1.29, 1.82) is 0 Å². The van der Waals surface area contributed by atoms with Gasteiger partial charge in [-0.05, 0) is 6.07 Å². The number of benzene rings is 1. The normalized spacial score (nSPS) is 13.4. The fraction of sp³-hybridized carbons (Fsp3) is 0.222. The number of carboxylic acid groups (broad SMARTS) is 1. The van der Waals surface area contributed by atoms with E-state index in [1.165, 1.54) is 0 Å². The monoisotopic (exact) mass is 325 g/mol. The zero-order valence-corrected chi connectivity index (χ0v) is 11.5. The summed E-state index contributed by atoms with van der Waals surface area (Å²) in [6.45, 7) is -0.593. The first-order valence-electron chi connectivity index (χ1n) is 5.05. The van der Waals surface area contributed by atoms with Gasteiger partial charge in [0.25, 0.3) is 10.1 Å². The number of nitrogens with one attached hydrogen (secondary N) is 1. The van der Waals surface area contributed by atoms with Crippen LogP contribution in [0.3, 0.4) is 0 Å². The van der Waals surface area contributed by atoms with Crippen molar-refractivity contribution in [2.24, 2.45) is 0 Å². The third-order valence-electron chi connectivity index (χ3n) is 2.27. The fourth-order valence-electron chi connectivity index (χ4n) is 1.42. The van der Waals surface area contributed by atoms with Crippen LogP contribution >= 0.6 is 8.38 Å². The lowest BCUT2D eigenvalue weighted by Gasteiger charge is -2.20. The molecule has 1 aromatic rings. The lowest BCUT2D eigenvalue weighted by atomic mass is 10.2. The molecule has 0 aliphatic rings. The number of carbonyl (C=O) groups is 1. The molecule has 0 radical (unpaired) electrons. The Hall–Kier alpha value is -1.29. The van der Waals surface area contributed by atoms with E-state index in [1.807, 2.05) is 0 Å². The highest BCUT2D eigenvalue weighted by molar-refractivity contribution is 7.85. The third kappa shape index (κ3) is 4.37. The van der Waals surface area contributed by atoms with Crippen molar-refractivity contribution in [3.8, 4) is 5.75 Å². The SMILES string of the molecule is O=C(O)CNC(c1ccc(S(=O)(=O)O)cc1O)P(O)O. The molecule has 0 spiro atoms. The smallest absolute Gasteiger partial charge is 0.317 e. The van der Waals surface area contributed by atoms with E-state index < -0.39 is 47.4 Å². The molecule has 1 rings (SSSR count). The topological polar surface area (TPSA) is 164 Å². The predicted molar refractivity (Wildman–Crippen MR) is 67.7 cm³/mol. The maximum atomic E-state index is 10.9. The zero-order valence-electron chi connectivity index (χ0n) is 9.83. The summed E-state index contributed by atoms with van der Waals surface area (Å²) in [5.41, 5.74) is -0.102. The highest BCUT2D eigenvalue weighted by Gasteiger charge is 2.24. The molecule has 11 heteroatoms. The molecule has 0 aliphatic heterocycles. The van der Waals surface area contributed by atoms with E-state index in [0.29, 0.717) is 0 Å². The summed E-state index contributed by atoms with van der Waals surface area (Å²) in [6, 6.07) is 2.71. The van der Waals surface area contributed by atoms with E-state index in [2.05, 4.69) is 5.32 Å². The van der Waals surface area contributed by atoms with E-state index in [-0.39, 0.29) is 5.56 Å². The van der Waals surface area contributed by atoms with Crippen molar-refractivity contribution >= 4 is 24.5 Å². The minimum atomic E-state index is -4.51. The maximum Gasteiger partial charge on any atom is 0.317 e. The highest BCUT2D eigenvalue weighted by Crippen LogP contribution is 2.44. The van der Waals surface area contributed by atoms with Crippen LogP contribution in [0.25, 0.3) is 0 Å². The van der Waals surface area contributed by atoms with E-state index in [1.54, 1.807) is 0 Å². The van der Waals surface area contributed by atoms with Gasteiger partial charge in [0.05, 0.1) is 11.4 Å². The summed E-state index contributed by atoms with van der Waals surface area (Å²) in [5.74, 6) is -3.16. The number of hydrogen-bond donors (Lipinski definition) is 6. The first kappa shape index (κ1) is 16.8. The number of rotatable bonds is 6. The Morgan fingerprint density at radius 2 is 1.95 bits per heavy atom. The van der Waals surface area contributed by atoms with Crippen molar-refractivity contribution in [1.82, 2.24) is 5.32 Å². The molecular formula is C9H12NO8PS. The molecule has 1 aromatic carbocycles. The summed E-state index contributed by atoms with van der Waals surface area (Å²) in [7, 11) is -7.18. The van der Waals surface area contributed by atoms with Crippen LogP contribution in [0, 0.1) is 0 Å². The van der Waals surface area contributed by atoms with Gasteiger partial charge in [0.2, 0.25) is 0 Å². The summed E-state index contributed by atoms with van der Waals surface area (Å²) in [6.07, 6.45) is 0. The molecule has 112 valence electrons. The average molecular weight is 325 g/mol. The second-order valence-electron chi connectivity index (χ2n) is 3.69. The summed E-state index contributed by atoms with van der Waals surface area (Å²) in [4.78, 5) is 28.3.